The molecule has 0 aromatic heterocycles. The summed E-state index contributed by atoms with van der Waals surface area (Å²) >= 11 is 0. The summed E-state index contributed by atoms with van der Waals surface area (Å²) in [6.07, 6.45) is 1.91. The molecule has 1 aromatic rings. The highest BCUT2D eigenvalue weighted by Crippen LogP contribution is 2.40. The van der Waals surface area contributed by atoms with Crippen molar-refractivity contribution in [3.63, 3.8) is 0 Å². The molecule has 0 spiro atoms. The number of benzene rings is 1. The number of hydrogen-bond donors (Lipinski definition) is 0. The van der Waals surface area contributed by atoms with Crippen molar-refractivity contribution in [1.29, 1.82) is 0 Å². The van der Waals surface area contributed by atoms with Crippen LogP contribution >= 0.6 is 0 Å². The van der Waals surface area contributed by atoms with Gasteiger partial charge in [0.25, 0.3) is 0 Å². The highest BCUT2D eigenvalue weighted by Gasteiger charge is 2.22. The zero-order valence-electron chi connectivity index (χ0n) is 17.6. The second kappa shape index (κ2) is 8.03. The summed E-state index contributed by atoms with van der Waals surface area (Å²) in [4.78, 5) is 4.99. The van der Waals surface area contributed by atoms with Gasteiger partial charge in [0.15, 0.2) is 0 Å². The Kier molecular flexibility index (Phi) is 6.23. The molecule has 0 radical (unpaired) electrons. The maximum Gasteiger partial charge on any atom is 0.0693 e. The molecule has 0 amide bonds. The van der Waals surface area contributed by atoms with E-state index in [1.807, 2.05) is 0 Å². The van der Waals surface area contributed by atoms with Gasteiger partial charge < -0.3 is 0 Å². The summed E-state index contributed by atoms with van der Waals surface area (Å²) in [7, 11) is 0. The van der Waals surface area contributed by atoms with Crippen LogP contribution in [0.1, 0.15) is 71.6 Å². The predicted molar refractivity (Wildman–Crippen MR) is 118 cm³/mol. The minimum absolute atomic E-state index is 0.447. The van der Waals surface area contributed by atoms with Gasteiger partial charge in [0.1, 0.15) is 0 Å². The summed E-state index contributed by atoms with van der Waals surface area (Å²) in [5, 5.41) is 0. The van der Waals surface area contributed by atoms with Crippen molar-refractivity contribution in [2.45, 2.75) is 61.3 Å². The van der Waals surface area contributed by atoms with E-state index in [0.717, 1.165) is 24.1 Å². The van der Waals surface area contributed by atoms with Gasteiger partial charge in [0.2, 0.25) is 0 Å². The Labute approximate surface area is 159 Å². The van der Waals surface area contributed by atoms with Crippen molar-refractivity contribution in [2.75, 3.05) is 0 Å². The van der Waals surface area contributed by atoms with E-state index in [4.69, 9.17) is 4.99 Å². The molecule has 0 N–H and O–H groups in total. The zero-order chi connectivity index (χ0) is 19.6. The van der Waals surface area contributed by atoms with E-state index in [-0.39, 0.29) is 0 Å². The molecule has 0 unspecified atom stereocenters. The lowest BCUT2D eigenvalue weighted by Gasteiger charge is -2.25. The molecule has 2 rings (SSSR count). The molecule has 0 saturated carbocycles. The first-order valence-electron chi connectivity index (χ1n) is 9.60. The Balaban J connectivity index is 2.66. The molecule has 1 heteroatoms. The third-order valence-corrected chi connectivity index (χ3v) is 5.51. The zero-order valence-corrected chi connectivity index (χ0v) is 17.6. The number of hydrogen-bond acceptors (Lipinski definition) is 1. The Morgan fingerprint density at radius 2 is 1.81 bits per heavy atom. The van der Waals surface area contributed by atoms with Crippen LogP contribution < -0.4 is 0 Å². The highest BCUT2D eigenvalue weighted by atomic mass is 14.8. The number of nitrogens with zero attached hydrogens (tertiary/aromatic N) is 1. The molecule has 0 bridgehead atoms. The van der Waals surface area contributed by atoms with Crippen LogP contribution in [0.2, 0.25) is 0 Å². The van der Waals surface area contributed by atoms with Gasteiger partial charge >= 0.3 is 0 Å². The van der Waals surface area contributed by atoms with Crippen molar-refractivity contribution < 1.29 is 0 Å². The van der Waals surface area contributed by atoms with Crippen molar-refractivity contribution in [3.8, 4) is 0 Å². The lowest BCUT2D eigenvalue weighted by atomic mass is 9.82. The van der Waals surface area contributed by atoms with Gasteiger partial charge in [-0.3, -0.25) is 4.99 Å². The van der Waals surface area contributed by atoms with Crippen molar-refractivity contribution in [2.24, 2.45) is 10.9 Å². The second-order valence-corrected chi connectivity index (χ2v) is 7.77. The maximum atomic E-state index is 4.99. The highest BCUT2D eigenvalue weighted by molar-refractivity contribution is 5.87. The summed E-state index contributed by atoms with van der Waals surface area (Å²) in [6, 6.07) is 6.73. The monoisotopic (exact) mass is 347 g/mol. The molecule has 1 aromatic carbocycles. The largest absolute Gasteiger partial charge is 0.257 e. The Morgan fingerprint density at radius 3 is 2.35 bits per heavy atom. The topological polar surface area (TPSA) is 12.4 Å². The normalized spacial score (nSPS) is 16.0. The Morgan fingerprint density at radius 1 is 1.15 bits per heavy atom. The lowest BCUT2D eigenvalue weighted by molar-refractivity contribution is 0.873. The second-order valence-electron chi connectivity index (χ2n) is 7.77. The van der Waals surface area contributed by atoms with Crippen LogP contribution in [0.15, 0.2) is 58.8 Å². The van der Waals surface area contributed by atoms with E-state index in [1.165, 1.54) is 44.7 Å². The van der Waals surface area contributed by atoms with E-state index in [1.54, 1.807) is 0 Å². The smallest absolute Gasteiger partial charge is 0.0693 e. The van der Waals surface area contributed by atoms with E-state index in [2.05, 4.69) is 79.8 Å². The average Bonchev–Trinajstić information content (AvgIpc) is 2.60. The first-order valence-corrected chi connectivity index (χ1v) is 9.60. The van der Waals surface area contributed by atoms with Crippen LogP contribution in [0.5, 0.6) is 0 Å². The number of rotatable bonds is 5. The summed E-state index contributed by atoms with van der Waals surface area (Å²) < 4.78 is 0. The fourth-order valence-electron chi connectivity index (χ4n) is 3.29. The summed E-state index contributed by atoms with van der Waals surface area (Å²) in [5.41, 5.74) is 12.4. The Hall–Kier alpha value is -2.15. The molecule has 0 heterocycles. The van der Waals surface area contributed by atoms with E-state index < -0.39 is 0 Å². The quantitative estimate of drug-likeness (QED) is 0.492. The molecule has 0 fully saturated rings. The van der Waals surface area contributed by atoms with Crippen LogP contribution in [0.25, 0.3) is 11.1 Å². The molecule has 1 aliphatic carbocycles. The molecule has 0 saturated heterocycles. The number of aliphatic imine (C=N–C) groups is 1. The van der Waals surface area contributed by atoms with E-state index in [0.29, 0.717) is 5.92 Å². The van der Waals surface area contributed by atoms with Crippen molar-refractivity contribution in [3.05, 3.63) is 70.5 Å². The average molecular weight is 348 g/mol. The van der Waals surface area contributed by atoms with Gasteiger partial charge in [0, 0.05) is 5.71 Å². The Bertz CT molecular complexity index is 841. The summed E-state index contributed by atoms with van der Waals surface area (Å²) in [5.74, 6) is 0.447. The predicted octanol–water partition coefficient (Wildman–Crippen LogP) is 7.41. The number of aryl methyl sites for hydroxylation is 1. The standard InChI is InChI=1S/C25H33N/c1-10-21-14-22(16(4)5)11-12-23(21)24-13-17(6)18(7)25(19(24)8)26-20(9)15(2)3/h11-12,14-15H,4,6,10,13H2,1-3,5,7-9H3/b26-20+. The first-order chi connectivity index (χ1) is 12.2. The third-order valence-electron chi connectivity index (χ3n) is 5.51. The molecule has 0 atom stereocenters. The van der Waals surface area contributed by atoms with Gasteiger partial charge in [-0.05, 0) is 85.4 Å². The van der Waals surface area contributed by atoms with Crippen LogP contribution in [0, 0.1) is 5.92 Å². The van der Waals surface area contributed by atoms with Gasteiger partial charge in [-0.25, -0.2) is 0 Å². The van der Waals surface area contributed by atoms with Crippen LogP contribution in [-0.4, -0.2) is 5.71 Å². The fourth-order valence-corrected chi connectivity index (χ4v) is 3.29. The molecule has 138 valence electrons. The van der Waals surface area contributed by atoms with Crippen molar-refractivity contribution in [1.82, 2.24) is 0 Å². The number of allylic oxidation sites excluding steroid dienone is 5. The summed E-state index contributed by atoms with van der Waals surface area (Å²) in [6.45, 7) is 23.6. The van der Waals surface area contributed by atoms with Crippen molar-refractivity contribution >= 4 is 16.9 Å². The minimum atomic E-state index is 0.447. The van der Waals surface area contributed by atoms with E-state index in [9.17, 15) is 0 Å². The van der Waals surface area contributed by atoms with Crippen LogP contribution in [-0.2, 0) is 6.42 Å². The fraction of sp³-hybridized carbons (Fsp3) is 0.400. The van der Waals surface area contributed by atoms with E-state index >= 15 is 0 Å². The molecule has 26 heavy (non-hydrogen) atoms. The molecule has 1 aliphatic rings. The lowest BCUT2D eigenvalue weighted by Crippen LogP contribution is -2.09. The maximum absolute atomic E-state index is 4.99. The first kappa shape index (κ1) is 20.2. The third kappa shape index (κ3) is 3.98. The SMILES string of the molecule is C=C1CC(c2ccc(C(=C)C)cc2CC)=C(C)C(/N=C(\C)C(C)C)=C1C. The van der Waals surface area contributed by atoms with Gasteiger partial charge in [-0.2, -0.15) is 0 Å². The van der Waals surface area contributed by atoms with Gasteiger partial charge in [-0.1, -0.05) is 57.7 Å². The van der Waals surface area contributed by atoms with Gasteiger partial charge in [-0.15, -0.1) is 0 Å². The van der Waals surface area contributed by atoms with Crippen LogP contribution in [0.4, 0.5) is 0 Å². The molecule has 0 aliphatic heterocycles. The molecular formula is C25H33N. The molecule has 1 nitrogen and oxygen atoms in total. The van der Waals surface area contributed by atoms with Gasteiger partial charge in [0.05, 0.1) is 5.70 Å². The van der Waals surface area contributed by atoms with Crippen LogP contribution in [0.3, 0.4) is 0 Å². The molecular weight excluding hydrogens is 314 g/mol. The minimum Gasteiger partial charge on any atom is -0.257 e.